The Labute approximate surface area is 196 Å². The van der Waals surface area contributed by atoms with Crippen LogP contribution in [0.2, 0.25) is 0 Å². The summed E-state index contributed by atoms with van der Waals surface area (Å²) >= 11 is 0. The number of ether oxygens (including phenoxy) is 1. The van der Waals surface area contributed by atoms with Crippen LogP contribution in [0.4, 0.5) is 5.69 Å². The van der Waals surface area contributed by atoms with Crippen LogP contribution in [-0.4, -0.2) is 61.9 Å². The largest absolute Gasteiger partial charge is 0.373 e. The Balaban J connectivity index is 1.61. The van der Waals surface area contributed by atoms with Gasteiger partial charge in [-0.05, 0) is 50.6 Å². The fourth-order valence-corrected chi connectivity index (χ4v) is 5.43. The number of rotatable bonds is 8. The van der Waals surface area contributed by atoms with E-state index in [0.717, 1.165) is 5.56 Å². The Morgan fingerprint density at radius 3 is 2.30 bits per heavy atom. The normalized spacial score (nSPS) is 19.2. The number of terminal acetylenes is 1. The number of morpholine rings is 1. The van der Waals surface area contributed by atoms with Gasteiger partial charge in [0.15, 0.2) is 0 Å². The topological polar surface area (TPSA) is 79.0 Å². The van der Waals surface area contributed by atoms with E-state index in [2.05, 4.69) is 11.2 Å². The van der Waals surface area contributed by atoms with E-state index in [9.17, 15) is 13.2 Å². The highest BCUT2D eigenvalue weighted by molar-refractivity contribution is 7.89. The summed E-state index contributed by atoms with van der Waals surface area (Å²) in [5.74, 6) is 2.38. The van der Waals surface area contributed by atoms with Crippen LogP contribution in [-0.2, 0) is 26.1 Å². The van der Waals surface area contributed by atoms with Crippen molar-refractivity contribution in [1.29, 1.82) is 0 Å². The zero-order chi connectivity index (χ0) is 24.0. The number of hydrogen-bond donors (Lipinski definition) is 1. The van der Waals surface area contributed by atoms with Crippen LogP contribution in [0.1, 0.15) is 25.0 Å². The standard InChI is InChI=1S/C25H31N3O4S/c1-5-14-27(17-22-8-6-19(2)7-9-22)18-25(29)26-23-10-12-24(13-11-23)33(30,31)28-15-20(3)32-21(4)16-28/h1,6-13,20-21H,14-18H2,2-4H3,(H,26,29). The van der Waals surface area contributed by atoms with Crippen molar-refractivity contribution < 1.29 is 17.9 Å². The highest BCUT2D eigenvalue weighted by atomic mass is 32.2. The first-order valence-electron chi connectivity index (χ1n) is 10.9. The van der Waals surface area contributed by atoms with Crippen molar-refractivity contribution in [2.75, 3.05) is 31.5 Å². The number of aryl methyl sites for hydroxylation is 1. The highest BCUT2D eigenvalue weighted by Gasteiger charge is 2.32. The minimum atomic E-state index is -3.63. The molecule has 0 saturated carbocycles. The molecule has 2 aromatic carbocycles. The molecule has 0 aliphatic carbocycles. The summed E-state index contributed by atoms with van der Waals surface area (Å²) in [6, 6.07) is 14.3. The summed E-state index contributed by atoms with van der Waals surface area (Å²) in [4.78, 5) is 14.6. The van der Waals surface area contributed by atoms with Gasteiger partial charge in [0.25, 0.3) is 0 Å². The average molecular weight is 470 g/mol. The zero-order valence-electron chi connectivity index (χ0n) is 19.3. The number of carbonyl (C=O) groups excluding carboxylic acids is 1. The molecule has 3 rings (SSSR count). The quantitative estimate of drug-likeness (QED) is 0.602. The molecular formula is C25H31N3O4S. The van der Waals surface area contributed by atoms with Gasteiger partial charge in [0.1, 0.15) is 0 Å². The SMILES string of the molecule is C#CCN(CC(=O)Nc1ccc(S(=O)(=O)N2CC(C)OC(C)C2)cc1)Cc1ccc(C)cc1. The van der Waals surface area contributed by atoms with E-state index in [1.165, 1.54) is 22.0 Å². The van der Waals surface area contributed by atoms with E-state index in [-0.39, 0.29) is 29.6 Å². The number of amides is 1. The van der Waals surface area contributed by atoms with E-state index < -0.39 is 10.0 Å². The molecule has 33 heavy (non-hydrogen) atoms. The summed E-state index contributed by atoms with van der Waals surface area (Å²) in [7, 11) is -3.63. The molecule has 0 bridgehead atoms. The summed E-state index contributed by atoms with van der Waals surface area (Å²) in [6.45, 7) is 7.41. The van der Waals surface area contributed by atoms with Crippen LogP contribution in [0.25, 0.3) is 0 Å². The van der Waals surface area contributed by atoms with E-state index >= 15 is 0 Å². The summed E-state index contributed by atoms with van der Waals surface area (Å²) < 4.78 is 33.0. The molecule has 1 amide bonds. The monoisotopic (exact) mass is 469 g/mol. The fraction of sp³-hybridized carbons (Fsp3) is 0.400. The molecule has 0 aromatic heterocycles. The number of nitrogens with zero attached hydrogens (tertiary/aromatic N) is 2. The van der Waals surface area contributed by atoms with E-state index in [4.69, 9.17) is 11.2 Å². The highest BCUT2D eigenvalue weighted by Crippen LogP contribution is 2.22. The lowest BCUT2D eigenvalue weighted by Gasteiger charge is -2.34. The third-order valence-electron chi connectivity index (χ3n) is 5.37. The molecule has 1 fully saturated rings. The van der Waals surface area contributed by atoms with Gasteiger partial charge in [-0.1, -0.05) is 35.7 Å². The number of hydrogen-bond acceptors (Lipinski definition) is 5. The maximum Gasteiger partial charge on any atom is 0.243 e. The Kier molecular flexibility index (Phi) is 8.27. The van der Waals surface area contributed by atoms with Gasteiger partial charge in [-0.3, -0.25) is 9.69 Å². The second-order valence-corrected chi connectivity index (χ2v) is 10.4. The van der Waals surface area contributed by atoms with Crippen molar-refractivity contribution in [3.63, 3.8) is 0 Å². The minimum Gasteiger partial charge on any atom is -0.373 e. The van der Waals surface area contributed by atoms with Gasteiger partial charge in [-0.15, -0.1) is 6.42 Å². The zero-order valence-corrected chi connectivity index (χ0v) is 20.1. The Morgan fingerprint density at radius 1 is 1.12 bits per heavy atom. The van der Waals surface area contributed by atoms with Crippen molar-refractivity contribution in [3.05, 3.63) is 59.7 Å². The molecule has 1 aliphatic rings. The summed E-state index contributed by atoms with van der Waals surface area (Å²) in [6.07, 6.45) is 5.16. The van der Waals surface area contributed by atoms with E-state index in [1.54, 1.807) is 12.1 Å². The first-order valence-corrected chi connectivity index (χ1v) is 12.4. The number of anilines is 1. The molecule has 1 heterocycles. The maximum atomic E-state index is 13.0. The molecule has 176 valence electrons. The molecule has 7 nitrogen and oxygen atoms in total. The average Bonchev–Trinajstić information content (AvgIpc) is 2.75. The van der Waals surface area contributed by atoms with E-state index in [0.29, 0.717) is 31.9 Å². The van der Waals surface area contributed by atoms with Gasteiger partial charge >= 0.3 is 0 Å². The van der Waals surface area contributed by atoms with Crippen molar-refractivity contribution in [2.24, 2.45) is 0 Å². The van der Waals surface area contributed by atoms with Crippen LogP contribution < -0.4 is 5.32 Å². The fourth-order valence-electron chi connectivity index (χ4n) is 3.84. The van der Waals surface area contributed by atoms with Gasteiger partial charge in [-0.2, -0.15) is 4.31 Å². The number of benzene rings is 2. The van der Waals surface area contributed by atoms with Gasteiger partial charge in [-0.25, -0.2) is 8.42 Å². The van der Waals surface area contributed by atoms with Crippen LogP contribution in [0.5, 0.6) is 0 Å². The molecule has 1 aliphatic heterocycles. The van der Waals surface area contributed by atoms with Crippen molar-refractivity contribution in [2.45, 2.75) is 44.4 Å². The van der Waals surface area contributed by atoms with Crippen LogP contribution in [0.3, 0.4) is 0 Å². The predicted molar refractivity (Wildman–Crippen MR) is 129 cm³/mol. The summed E-state index contributed by atoms with van der Waals surface area (Å²) in [5.41, 5.74) is 2.77. The lowest BCUT2D eigenvalue weighted by molar-refractivity contribution is -0.117. The Morgan fingerprint density at radius 2 is 1.73 bits per heavy atom. The Bertz CT molecular complexity index is 1080. The van der Waals surface area contributed by atoms with Crippen LogP contribution in [0, 0.1) is 19.3 Å². The molecule has 2 atom stereocenters. The smallest absolute Gasteiger partial charge is 0.243 e. The molecule has 2 unspecified atom stereocenters. The van der Waals surface area contributed by atoms with Gasteiger partial charge < -0.3 is 10.1 Å². The van der Waals surface area contributed by atoms with Crippen molar-refractivity contribution in [3.8, 4) is 12.3 Å². The van der Waals surface area contributed by atoms with Gasteiger partial charge in [0.05, 0.1) is 30.2 Å². The van der Waals surface area contributed by atoms with Gasteiger partial charge in [0, 0.05) is 25.3 Å². The first-order chi connectivity index (χ1) is 15.7. The second kappa shape index (κ2) is 10.9. The lowest BCUT2D eigenvalue weighted by Crippen LogP contribution is -2.48. The maximum absolute atomic E-state index is 13.0. The van der Waals surface area contributed by atoms with Crippen molar-refractivity contribution in [1.82, 2.24) is 9.21 Å². The molecule has 1 saturated heterocycles. The lowest BCUT2D eigenvalue weighted by atomic mass is 10.1. The van der Waals surface area contributed by atoms with Crippen LogP contribution in [0.15, 0.2) is 53.4 Å². The van der Waals surface area contributed by atoms with Gasteiger partial charge in [0.2, 0.25) is 15.9 Å². The van der Waals surface area contributed by atoms with E-state index in [1.807, 2.05) is 49.9 Å². The van der Waals surface area contributed by atoms with Crippen LogP contribution >= 0.6 is 0 Å². The molecule has 0 radical (unpaired) electrons. The summed E-state index contributed by atoms with van der Waals surface area (Å²) in [5, 5.41) is 2.82. The number of sulfonamides is 1. The molecule has 2 aromatic rings. The number of nitrogens with one attached hydrogen (secondary N) is 1. The molecule has 1 N–H and O–H groups in total. The second-order valence-electron chi connectivity index (χ2n) is 8.49. The van der Waals surface area contributed by atoms with Crippen molar-refractivity contribution >= 4 is 21.6 Å². The third-order valence-corrected chi connectivity index (χ3v) is 7.22. The molecule has 8 heteroatoms. The minimum absolute atomic E-state index is 0.127. The third kappa shape index (κ3) is 6.89. The molecular weight excluding hydrogens is 438 g/mol. The molecule has 0 spiro atoms. The predicted octanol–water partition coefficient (Wildman–Crippen LogP) is 2.87. The number of carbonyl (C=O) groups is 1. The first kappa shape index (κ1) is 24.9. The Hall–Kier alpha value is -2.70.